The predicted molar refractivity (Wildman–Crippen MR) is 169 cm³/mol. The van der Waals surface area contributed by atoms with Crippen LogP contribution in [0, 0.1) is 0 Å². The number of hydrogen-bond acceptors (Lipinski definition) is 2. The molecule has 0 saturated heterocycles. The normalized spacial score (nSPS) is 12.3. The molecule has 0 aromatic heterocycles. The minimum Gasteiger partial charge on any atom is -0.405 e. The van der Waals surface area contributed by atoms with E-state index in [1.54, 1.807) is 0 Å². The van der Waals surface area contributed by atoms with Crippen molar-refractivity contribution >= 4 is 18.7 Å². The zero-order valence-corrected chi connectivity index (χ0v) is 24.7. The Morgan fingerprint density at radius 1 is 0.450 bits per heavy atom. The summed E-state index contributed by atoms with van der Waals surface area (Å²) in [6.45, 7) is 7.83. The van der Waals surface area contributed by atoms with E-state index < -0.39 is 13.9 Å². The molecule has 202 valence electrons. The molecule has 0 radical (unpaired) electrons. The quantitative estimate of drug-likeness (QED) is 0.103. The summed E-state index contributed by atoms with van der Waals surface area (Å²) < 4.78 is 14.2. The van der Waals surface area contributed by atoms with Crippen LogP contribution >= 0.6 is 0 Å². The molecule has 0 amide bonds. The Labute approximate surface area is 240 Å². The average molecular weight is 543 g/mol. The van der Waals surface area contributed by atoms with Crippen molar-refractivity contribution in [2.75, 3.05) is 13.2 Å². The molecular formula is C37H38O2Si. The molecule has 5 aromatic carbocycles. The molecule has 40 heavy (non-hydrogen) atoms. The van der Waals surface area contributed by atoms with Gasteiger partial charge in [-0.25, -0.2) is 0 Å². The Morgan fingerprint density at radius 2 is 0.775 bits per heavy atom. The van der Waals surface area contributed by atoms with Crippen LogP contribution in [0.1, 0.15) is 37.5 Å². The third-order valence-corrected chi connectivity index (χ3v) is 12.7. The second-order valence-corrected chi connectivity index (χ2v) is 15.4. The average Bonchev–Trinajstić information content (AvgIpc) is 3.01. The summed E-state index contributed by atoms with van der Waals surface area (Å²) in [7, 11) is -2.66. The van der Waals surface area contributed by atoms with Crippen molar-refractivity contribution in [1.29, 1.82) is 0 Å². The van der Waals surface area contributed by atoms with E-state index in [2.05, 4.69) is 172 Å². The van der Waals surface area contributed by atoms with Gasteiger partial charge in [-0.3, -0.25) is 0 Å². The third kappa shape index (κ3) is 5.33. The summed E-state index contributed by atoms with van der Waals surface area (Å²) in [6.07, 6.45) is 0. The van der Waals surface area contributed by atoms with Crippen molar-refractivity contribution in [2.45, 2.75) is 31.4 Å². The summed E-state index contributed by atoms with van der Waals surface area (Å²) in [4.78, 5) is 0. The first-order chi connectivity index (χ1) is 19.5. The van der Waals surface area contributed by atoms with E-state index in [1.165, 1.54) is 10.4 Å². The summed E-state index contributed by atoms with van der Waals surface area (Å²) in [5, 5.41) is 2.45. The predicted octanol–water partition coefficient (Wildman–Crippen LogP) is 7.57. The highest BCUT2D eigenvalue weighted by Crippen LogP contribution is 2.41. The van der Waals surface area contributed by atoms with Gasteiger partial charge in [0.15, 0.2) is 0 Å². The molecule has 2 nitrogen and oxygen atoms in total. The molecule has 0 atom stereocenters. The summed E-state index contributed by atoms with van der Waals surface area (Å²) >= 11 is 0. The van der Waals surface area contributed by atoms with Crippen molar-refractivity contribution in [3.05, 3.63) is 168 Å². The van der Waals surface area contributed by atoms with E-state index in [0.29, 0.717) is 13.2 Å². The molecule has 0 saturated carbocycles. The molecular weight excluding hydrogens is 504 g/mol. The van der Waals surface area contributed by atoms with E-state index >= 15 is 0 Å². The van der Waals surface area contributed by atoms with E-state index in [9.17, 15) is 0 Å². The number of hydrogen-bond donors (Lipinski definition) is 0. The number of benzene rings is 5. The van der Waals surface area contributed by atoms with Crippen LogP contribution in [0.2, 0.25) is 5.04 Å². The fraction of sp³-hybridized carbons (Fsp3) is 0.189. The van der Waals surface area contributed by atoms with Gasteiger partial charge >= 0.3 is 0 Å². The first-order valence-electron chi connectivity index (χ1n) is 14.0. The fourth-order valence-electron chi connectivity index (χ4n) is 5.92. The summed E-state index contributed by atoms with van der Waals surface area (Å²) in [6, 6.07) is 53.1. The fourth-order valence-corrected chi connectivity index (χ4v) is 10.5. The van der Waals surface area contributed by atoms with Gasteiger partial charge in [0.1, 0.15) is 5.60 Å². The number of ether oxygens (including phenoxy) is 1. The van der Waals surface area contributed by atoms with Crippen LogP contribution in [0.5, 0.6) is 0 Å². The van der Waals surface area contributed by atoms with Gasteiger partial charge in [0.2, 0.25) is 0 Å². The van der Waals surface area contributed by atoms with Crippen molar-refractivity contribution in [3.8, 4) is 0 Å². The van der Waals surface area contributed by atoms with Gasteiger partial charge in [-0.05, 0) is 32.1 Å². The van der Waals surface area contributed by atoms with Gasteiger partial charge in [0, 0.05) is 0 Å². The smallest absolute Gasteiger partial charge is 0.261 e. The van der Waals surface area contributed by atoms with Crippen LogP contribution in [-0.4, -0.2) is 21.5 Å². The standard InChI is InChI=1S/C37H38O2Si/c1-36(2,3)40(34-25-15-7-16-26-34,35-27-17-8-18-28-35)39-30-29-38-37(31-19-9-4-10-20-31,32-21-11-5-12-22-32)33-23-13-6-14-24-33/h4-28H,29-30H2,1-3H3. The molecule has 0 unspecified atom stereocenters. The lowest BCUT2D eigenvalue weighted by Gasteiger charge is -2.43. The highest BCUT2D eigenvalue weighted by Gasteiger charge is 2.50. The molecule has 5 aromatic rings. The van der Waals surface area contributed by atoms with Crippen LogP contribution in [0.25, 0.3) is 0 Å². The van der Waals surface area contributed by atoms with Crippen LogP contribution in [-0.2, 0) is 14.8 Å². The molecule has 0 spiro atoms. The zero-order chi connectivity index (χ0) is 27.9. The summed E-state index contributed by atoms with van der Waals surface area (Å²) in [5.74, 6) is 0. The maximum atomic E-state index is 7.18. The largest absolute Gasteiger partial charge is 0.405 e. The third-order valence-electron chi connectivity index (χ3n) is 7.68. The van der Waals surface area contributed by atoms with Gasteiger partial charge in [0.25, 0.3) is 8.32 Å². The van der Waals surface area contributed by atoms with Crippen molar-refractivity contribution in [3.63, 3.8) is 0 Å². The first-order valence-corrected chi connectivity index (χ1v) is 15.9. The van der Waals surface area contributed by atoms with E-state index in [4.69, 9.17) is 9.16 Å². The van der Waals surface area contributed by atoms with Gasteiger partial charge in [-0.1, -0.05) is 172 Å². The summed E-state index contributed by atoms with van der Waals surface area (Å²) in [5.41, 5.74) is 2.52. The van der Waals surface area contributed by atoms with Crippen molar-refractivity contribution in [2.24, 2.45) is 0 Å². The highest BCUT2D eigenvalue weighted by molar-refractivity contribution is 6.99. The molecule has 0 bridgehead atoms. The molecule has 0 N–H and O–H groups in total. The maximum absolute atomic E-state index is 7.18. The molecule has 5 rings (SSSR count). The lowest BCUT2D eigenvalue weighted by molar-refractivity contribution is -0.00382. The number of rotatable bonds is 10. The molecule has 0 heterocycles. The molecule has 0 aliphatic heterocycles. The molecule has 0 aliphatic rings. The Kier molecular flexibility index (Phi) is 8.46. The topological polar surface area (TPSA) is 18.5 Å². The van der Waals surface area contributed by atoms with Gasteiger partial charge < -0.3 is 9.16 Å². The molecule has 3 heteroatoms. The van der Waals surface area contributed by atoms with Gasteiger partial charge in [-0.15, -0.1) is 0 Å². The Bertz CT molecular complexity index is 1310. The Morgan fingerprint density at radius 3 is 1.10 bits per heavy atom. The van der Waals surface area contributed by atoms with E-state index in [-0.39, 0.29) is 5.04 Å². The molecule has 0 aliphatic carbocycles. The van der Waals surface area contributed by atoms with E-state index in [1.807, 2.05) is 0 Å². The second-order valence-electron chi connectivity index (χ2n) is 11.1. The minimum atomic E-state index is -2.66. The maximum Gasteiger partial charge on any atom is 0.261 e. The van der Waals surface area contributed by atoms with Crippen molar-refractivity contribution in [1.82, 2.24) is 0 Å². The first kappa shape index (κ1) is 27.8. The minimum absolute atomic E-state index is 0.0922. The Hall–Kier alpha value is -3.76. The lowest BCUT2D eigenvalue weighted by Crippen LogP contribution is -2.66. The van der Waals surface area contributed by atoms with Crippen LogP contribution in [0.3, 0.4) is 0 Å². The van der Waals surface area contributed by atoms with Crippen LogP contribution < -0.4 is 10.4 Å². The molecule has 0 fully saturated rings. The van der Waals surface area contributed by atoms with Crippen LogP contribution in [0.4, 0.5) is 0 Å². The highest BCUT2D eigenvalue weighted by atomic mass is 28.4. The van der Waals surface area contributed by atoms with Gasteiger partial charge in [0.05, 0.1) is 13.2 Å². The van der Waals surface area contributed by atoms with E-state index in [0.717, 1.165) is 16.7 Å². The van der Waals surface area contributed by atoms with Crippen LogP contribution in [0.15, 0.2) is 152 Å². The lowest BCUT2D eigenvalue weighted by atomic mass is 9.80. The van der Waals surface area contributed by atoms with Crippen molar-refractivity contribution < 1.29 is 9.16 Å². The SMILES string of the molecule is CC(C)(C)[Si](OCCOC(c1ccccc1)(c1ccccc1)c1ccccc1)(c1ccccc1)c1ccccc1. The zero-order valence-electron chi connectivity index (χ0n) is 23.7. The Balaban J connectivity index is 1.54. The second kappa shape index (κ2) is 12.2. The monoisotopic (exact) mass is 542 g/mol. The van der Waals surface area contributed by atoms with Gasteiger partial charge in [-0.2, -0.15) is 0 Å².